The first-order valence-corrected chi connectivity index (χ1v) is 8.28. The standard InChI is InChI=1S/C20H19ClFNO2/c1-4-13(2)25-20-18(21)10-14(11-19(20)24-3)9-16(12-23)15-5-7-17(22)8-6-15/h5-11,13H,4H2,1-3H3/b16-9+. The Morgan fingerprint density at radius 1 is 1.32 bits per heavy atom. The number of nitriles is 1. The van der Waals surface area contributed by atoms with Gasteiger partial charge in [0.05, 0.1) is 29.9 Å². The van der Waals surface area contributed by atoms with E-state index in [1.165, 1.54) is 19.2 Å². The first-order valence-electron chi connectivity index (χ1n) is 7.90. The summed E-state index contributed by atoms with van der Waals surface area (Å²) in [5, 5.41) is 9.82. The lowest BCUT2D eigenvalue weighted by Crippen LogP contribution is -2.11. The topological polar surface area (TPSA) is 42.2 Å². The number of hydrogen-bond acceptors (Lipinski definition) is 3. The number of benzene rings is 2. The van der Waals surface area contributed by atoms with Crippen LogP contribution < -0.4 is 9.47 Å². The summed E-state index contributed by atoms with van der Waals surface area (Å²) in [5.41, 5.74) is 1.71. The van der Waals surface area contributed by atoms with Crippen LogP contribution in [0, 0.1) is 17.1 Å². The lowest BCUT2D eigenvalue weighted by Gasteiger charge is -2.17. The van der Waals surface area contributed by atoms with Gasteiger partial charge in [-0.15, -0.1) is 0 Å². The molecule has 0 aliphatic rings. The third-order valence-corrected chi connectivity index (χ3v) is 4.01. The molecule has 2 aromatic carbocycles. The summed E-state index contributed by atoms with van der Waals surface area (Å²) in [7, 11) is 1.54. The monoisotopic (exact) mass is 359 g/mol. The van der Waals surface area contributed by atoms with Crippen molar-refractivity contribution in [1.82, 2.24) is 0 Å². The molecule has 3 nitrogen and oxygen atoms in total. The van der Waals surface area contributed by atoms with Crippen molar-refractivity contribution in [3.8, 4) is 17.6 Å². The van der Waals surface area contributed by atoms with Gasteiger partial charge in [0, 0.05) is 0 Å². The highest BCUT2D eigenvalue weighted by atomic mass is 35.5. The number of rotatable bonds is 6. The molecule has 0 saturated heterocycles. The summed E-state index contributed by atoms with van der Waals surface area (Å²) in [6.45, 7) is 3.97. The predicted octanol–water partition coefficient (Wildman–Crippen LogP) is 5.73. The number of methoxy groups -OCH3 is 1. The van der Waals surface area contributed by atoms with Gasteiger partial charge in [-0.3, -0.25) is 0 Å². The van der Waals surface area contributed by atoms with Crippen molar-refractivity contribution in [2.75, 3.05) is 7.11 Å². The van der Waals surface area contributed by atoms with Gasteiger partial charge in [-0.05, 0) is 54.8 Å². The molecule has 2 aromatic rings. The maximum atomic E-state index is 13.1. The van der Waals surface area contributed by atoms with Gasteiger partial charge in [0.25, 0.3) is 0 Å². The van der Waals surface area contributed by atoms with Crippen molar-refractivity contribution >= 4 is 23.3 Å². The molecule has 0 aromatic heterocycles. The highest BCUT2D eigenvalue weighted by Gasteiger charge is 2.14. The fourth-order valence-corrected chi connectivity index (χ4v) is 2.46. The van der Waals surface area contributed by atoms with Crippen molar-refractivity contribution in [3.63, 3.8) is 0 Å². The van der Waals surface area contributed by atoms with Crippen molar-refractivity contribution in [1.29, 1.82) is 5.26 Å². The van der Waals surface area contributed by atoms with E-state index in [1.807, 2.05) is 13.8 Å². The minimum Gasteiger partial charge on any atom is -0.493 e. The number of hydrogen-bond donors (Lipinski definition) is 0. The molecule has 5 heteroatoms. The van der Waals surface area contributed by atoms with E-state index in [-0.39, 0.29) is 11.9 Å². The molecule has 0 heterocycles. The first kappa shape index (κ1) is 18.8. The van der Waals surface area contributed by atoms with Crippen LogP contribution in [0.2, 0.25) is 5.02 Å². The average Bonchev–Trinajstić information content (AvgIpc) is 2.62. The fraction of sp³-hybridized carbons (Fsp3) is 0.250. The van der Waals surface area contributed by atoms with E-state index in [0.717, 1.165) is 6.42 Å². The lowest BCUT2D eigenvalue weighted by molar-refractivity contribution is 0.208. The van der Waals surface area contributed by atoms with Crippen molar-refractivity contribution < 1.29 is 13.9 Å². The highest BCUT2D eigenvalue weighted by molar-refractivity contribution is 6.32. The van der Waals surface area contributed by atoms with Crippen molar-refractivity contribution in [2.24, 2.45) is 0 Å². The molecule has 0 fully saturated rings. The quantitative estimate of drug-likeness (QED) is 0.488. The van der Waals surface area contributed by atoms with Gasteiger partial charge >= 0.3 is 0 Å². The second-order valence-electron chi connectivity index (χ2n) is 5.55. The van der Waals surface area contributed by atoms with Crippen LogP contribution in [-0.2, 0) is 0 Å². The van der Waals surface area contributed by atoms with Crippen molar-refractivity contribution in [3.05, 3.63) is 58.4 Å². The van der Waals surface area contributed by atoms with Crippen LogP contribution in [0.4, 0.5) is 4.39 Å². The van der Waals surface area contributed by atoms with Crippen LogP contribution in [0.15, 0.2) is 36.4 Å². The Bertz CT molecular complexity index is 810. The zero-order valence-electron chi connectivity index (χ0n) is 14.3. The van der Waals surface area contributed by atoms with E-state index >= 15 is 0 Å². The Hall–Kier alpha value is -2.51. The normalized spacial score (nSPS) is 12.4. The van der Waals surface area contributed by atoms with Gasteiger partial charge in [0.2, 0.25) is 0 Å². The molecule has 1 atom stereocenters. The zero-order chi connectivity index (χ0) is 18.4. The van der Waals surface area contributed by atoms with Crippen molar-refractivity contribution in [2.45, 2.75) is 26.4 Å². The third kappa shape index (κ3) is 4.74. The maximum absolute atomic E-state index is 13.1. The molecule has 130 valence electrons. The first-order chi connectivity index (χ1) is 12.0. The Labute approximate surface area is 152 Å². The molecule has 25 heavy (non-hydrogen) atoms. The second kappa shape index (κ2) is 8.55. The summed E-state index contributed by atoms with van der Waals surface area (Å²) in [6, 6.07) is 11.3. The van der Waals surface area contributed by atoms with Gasteiger partial charge in [-0.1, -0.05) is 30.7 Å². The molecule has 0 N–H and O–H groups in total. The molecular formula is C20H19ClFNO2. The minimum atomic E-state index is -0.350. The van der Waals surface area contributed by atoms with E-state index in [1.54, 1.807) is 30.3 Å². The molecule has 0 saturated carbocycles. The molecule has 0 aliphatic carbocycles. The van der Waals surface area contributed by atoms with E-state index < -0.39 is 0 Å². The highest BCUT2D eigenvalue weighted by Crippen LogP contribution is 2.38. The predicted molar refractivity (Wildman–Crippen MR) is 98.3 cm³/mol. The summed E-state index contributed by atoms with van der Waals surface area (Å²) < 4.78 is 24.3. The van der Waals surface area contributed by atoms with Gasteiger partial charge in [0.1, 0.15) is 5.82 Å². The number of ether oxygens (including phenoxy) is 2. The average molecular weight is 360 g/mol. The Morgan fingerprint density at radius 3 is 2.56 bits per heavy atom. The number of nitrogens with zero attached hydrogens (tertiary/aromatic N) is 1. The molecule has 0 aliphatic heterocycles. The number of allylic oxidation sites excluding steroid dienone is 1. The minimum absolute atomic E-state index is 0.00155. The van der Waals surface area contributed by atoms with Crippen LogP contribution in [0.3, 0.4) is 0 Å². The van der Waals surface area contributed by atoms with Crippen LogP contribution in [0.1, 0.15) is 31.4 Å². The fourth-order valence-electron chi connectivity index (χ4n) is 2.20. The molecule has 0 spiro atoms. The third-order valence-electron chi connectivity index (χ3n) is 3.73. The van der Waals surface area contributed by atoms with E-state index in [2.05, 4.69) is 6.07 Å². The molecule has 0 radical (unpaired) electrons. The van der Waals surface area contributed by atoms with Gasteiger partial charge in [-0.2, -0.15) is 5.26 Å². The Kier molecular flexibility index (Phi) is 6.44. The Morgan fingerprint density at radius 2 is 2.00 bits per heavy atom. The van der Waals surface area contributed by atoms with Gasteiger partial charge in [-0.25, -0.2) is 4.39 Å². The molecule has 1 unspecified atom stereocenters. The summed E-state index contributed by atoms with van der Waals surface area (Å²) in [4.78, 5) is 0. The van der Waals surface area contributed by atoms with Crippen LogP contribution in [-0.4, -0.2) is 13.2 Å². The smallest absolute Gasteiger partial charge is 0.180 e. The van der Waals surface area contributed by atoms with Crippen LogP contribution in [0.5, 0.6) is 11.5 Å². The maximum Gasteiger partial charge on any atom is 0.180 e. The summed E-state index contributed by atoms with van der Waals surface area (Å²) >= 11 is 6.34. The Balaban J connectivity index is 2.43. The SMILES string of the molecule is CCC(C)Oc1c(Cl)cc(/C=C(\C#N)c2ccc(F)cc2)cc1OC. The van der Waals surface area contributed by atoms with E-state index in [9.17, 15) is 9.65 Å². The van der Waals surface area contributed by atoms with E-state index in [0.29, 0.717) is 33.2 Å². The van der Waals surface area contributed by atoms with Gasteiger partial charge in [0.15, 0.2) is 11.5 Å². The summed E-state index contributed by atoms with van der Waals surface area (Å²) in [6.07, 6.45) is 2.51. The molecule has 0 amide bonds. The largest absolute Gasteiger partial charge is 0.493 e. The molecule has 2 rings (SSSR count). The summed E-state index contributed by atoms with van der Waals surface area (Å²) in [5.74, 6) is 0.628. The van der Waals surface area contributed by atoms with E-state index in [4.69, 9.17) is 21.1 Å². The van der Waals surface area contributed by atoms with Crippen LogP contribution in [0.25, 0.3) is 11.6 Å². The second-order valence-corrected chi connectivity index (χ2v) is 5.95. The lowest BCUT2D eigenvalue weighted by atomic mass is 10.0. The molecular weight excluding hydrogens is 341 g/mol. The van der Waals surface area contributed by atoms with Gasteiger partial charge < -0.3 is 9.47 Å². The van der Waals surface area contributed by atoms with Crippen LogP contribution >= 0.6 is 11.6 Å². The zero-order valence-corrected chi connectivity index (χ0v) is 15.1. The number of halogens is 2. The molecule has 0 bridgehead atoms.